The maximum atomic E-state index is 13.3. The molecule has 0 saturated carbocycles. The molecule has 1 aromatic heterocycles. The Morgan fingerprint density at radius 3 is 2.48 bits per heavy atom. The minimum absolute atomic E-state index is 0.192. The molecule has 3 aromatic rings. The van der Waals surface area contributed by atoms with Crippen molar-refractivity contribution in [3.05, 3.63) is 64.0 Å². The highest BCUT2D eigenvalue weighted by Gasteiger charge is 2.14. The largest absolute Gasteiger partial charge is 0.370 e. The van der Waals surface area contributed by atoms with Crippen molar-refractivity contribution in [2.75, 3.05) is 0 Å². The molecule has 0 atom stereocenters. The van der Waals surface area contributed by atoms with Crippen molar-refractivity contribution in [1.29, 1.82) is 0 Å². The Bertz CT molecular complexity index is 1030. The van der Waals surface area contributed by atoms with Crippen LogP contribution in [0.3, 0.4) is 0 Å². The van der Waals surface area contributed by atoms with Gasteiger partial charge in [-0.2, -0.15) is 4.99 Å². The highest BCUT2D eigenvalue weighted by molar-refractivity contribution is 6.36. The van der Waals surface area contributed by atoms with E-state index in [1.54, 1.807) is 18.2 Å². The van der Waals surface area contributed by atoms with E-state index in [0.717, 1.165) is 0 Å². The van der Waals surface area contributed by atoms with Crippen LogP contribution in [0.4, 0.5) is 4.39 Å². The van der Waals surface area contributed by atoms with E-state index < -0.39 is 11.7 Å². The third kappa shape index (κ3) is 3.40. The summed E-state index contributed by atoms with van der Waals surface area (Å²) in [5.74, 6) is -1.40. The van der Waals surface area contributed by atoms with Crippen molar-refractivity contribution in [2.24, 2.45) is 16.5 Å². The van der Waals surface area contributed by atoms with Crippen molar-refractivity contribution in [3.8, 4) is 11.3 Å². The third-order valence-corrected chi connectivity index (χ3v) is 4.12. The highest BCUT2D eigenvalue weighted by atomic mass is 35.5. The van der Waals surface area contributed by atoms with Crippen molar-refractivity contribution in [1.82, 2.24) is 4.98 Å². The number of halogens is 3. The van der Waals surface area contributed by atoms with Gasteiger partial charge in [-0.15, -0.1) is 0 Å². The van der Waals surface area contributed by atoms with Gasteiger partial charge in [-0.25, -0.2) is 4.39 Å². The van der Waals surface area contributed by atoms with E-state index in [-0.39, 0.29) is 16.5 Å². The Hall–Kier alpha value is -2.70. The van der Waals surface area contributed by atoms with Gasteiger partial charge >= 0.3 is 0 Å². The molecule has 1 heterocycles. The molecule has 0 spiro atoms. The van der Waals surface area contributed by atoms with E-state index in [2.05, 4.69) is 9.98 Å². The molecule has 0 unspecified atom stereocenters. The van der Waals surface area contributed by atoms with Gasteiger partial charge in [0.05, 0.1) is 15.7 Å². The standard InChI is InChI=1S/C17H11Cl2FN4O/c18-13-6-9(20)2-4-11(13)15-12-5-8(16(25)24-17(21)22)1-3-10(12)14(19)7-23-15/h1-7H,(H4,21,22,24,25). The van der Waals surface area contributed by atoms with Crippen LogP contribution in [0, 0.1) is 5.82 Å². The summed E-state index contributed by atoms with van der Waals surface area (Å²) < 4.78 is 13.3. The number of pyridine rings is 1. The normalized spacial score (nSPS) is 10.7. The second-order valence-corrected chi connectivity index (χ2v) is 6.00. The van der Waals surface area contributed by atoms with Crippen molar-refractivity contribution in [3.63, 3.8) is 0 Å². The first kappa shape index (κ1) is 17.1. The Labute approximate surface area is 152 Å². The molecule has 2 aromatic carbocycles. The Morgan fingerprint density at radius 2 is 1.80 bits per heavy atom. The predicted molar refractivity (Wildman–Crippen MR) is 97.3 cm³/mol. The molecule has 4 N–H and O–H groups in total. The Morgan fingerprint density at radius 1 is 1.04 bits per heavy atom. The number of aromatic nitrogens is 1. The first-order chi connectivity index (χ1) is 11.9. The second kappa shape index (κ2) is 6.66. The summed E-state index contributed by atoms with van der Waals surface area (Å²) in [6.07, 6.45) is 1.47. The van der Waals surface area contributed by atoms with E-state index in [1.165, 1.54) is 24.4 Å². The zero-order valence-corrected chi connectivity index (χ0v) is 14.1. The zero-order chi connectivity index (χ0) is 18.1. The molecule has 0 aliphatic rings. The minimum atomic E-state index is -0.599. The molecule has 5 nitrogen and oxygen atoms in total. The summed E-state index contributed by atoms with van der Waals surface area (Å²) in [5, 5.41) is 1.82. The fraction of sp³-hybridized carbons (Fsp3) is 0. The number of nitrogens with zero attached hydrogens (tertiary/aromatic N) is 2. The van der Waals surface area contributed by atoms with Crippen LogP contribution in [-0.2, 0) is 0 Å². The highest BCUT2D eigenvalue weighted by Crippen LogP contribution is 2.35. The van der Waals surface area contributed by atoms with Crippen LogP contribution in [0.2, 0.25) is 10.0 Å². The van der Waals surface area contributed by atoms with Crippen LogP contribution in [-0.4, -0.2) is 16.9 Å². The number of rotatable bonds is 2. The molecule has 0 fully saturated rings. The second-order valence-electron chi connectivity index (χ2n) is 5.18. The van der Waals surface area contributed by atoms with Crippen molar-refractivity contribution in [2.45, 2.75) is 0 Å². The number of carbonyl (C=O) groups is 1. The number of aliphatic imine (C=N–C) groups is 1. The average Bonchev–Trinajstić information content (AvgIpc) is 2.55. The lowest BCUT2D eigenvalue weighted by atomic mass is 10.0. The van der Waals surface area contributed by atoms with Crippen LogP contribution in [0.25, 0.3) is 22.0 Å². The number of amides is 1. The predicted octanol–water partition coefficient (Wildman–Crippen LogP) is 3.76. The Kier molecular flexibility index (Phi) is 4.57. The summed E-state index contributed by atoms with van der Waals surface area (Å²) in [5.41, 5.74) is 11.7. The average molecular weight is 377 g/mol. The fourth-order valence-corrected chi connectivity index (χ4v) is 2.89. The lowest BCUT2D eigenvalue weighted by molar-refractivity contribution is 0.100. The van der Waals surface area contributed by atoms with Gasteiger partial charge in [0.25, 0.3) is 5.91 Å². The molecule has 0 aliphatic heterocycles. The van der Waals surface area contributed by atoms with Gasteiger partial charge in [-0.05, 0) is 30.3 Å². The van der Waals surface area contributed by atoms with Gasteiger partial charge in [-0.3, -0.25) is 9.78 Å². The molecule has 8 heteroatoms. The molecular formula is C17H11Cl2FN4O. The molecule has 3 rings (SSSR count). The van der Waals surface area contributed by atoms with Crippen molar-refractivity contribution < 1.29 is 9.18 Å². The maximum absolute atomic E-state index is 13.3. The van der Waals surface area contributed by atoms with Gasteiger partial charge in [0.2, 0.25) is 0 Å². The lowest BCUT2D eigenvalue weighted by Crippen LogP contribution is -2.24. The molecular weight excluding hydrogens is 366 g/mol. The number of hydrogen-bond donors (Lipinski definition) is 2. The van der Waals surface area contributed by atoms with E-state index >= 15 is 0 Å². The molecule has 1 amide bonds. The van der Waals surface area contributed by atoms with Gasteiger partial charge in [0, 0.05) is 28.1 Å². The number of guanidine groups is 1. The molecule has 0 radical (unpaired) electrons. The smallest absolute Gasteiger partial charge is 0.280 e. The number of hydrogen-bond acceptors (Lipinski definition) is 2. The molecule has 0 bridgehead atoms. The summed E-state index contributed by atoms with van der Waals surface area (Å²) in [7, 11) is 0. The first-order valence-corrected chi connectivity index (χ1v) is 7.80. The minimum Gasteiger partial charge on any atom is -0.370 e. The van der Waals surface area contributed by atoms with Gasteiger partial charge in [-0.1, -0.05) is 29.3 Å². The van der Waals surface area contributed by atoms with Crippen molar-refractivity contribution >= 4 is 45.8 Å². The summed E-state index contributed by atoms with van der Waals surface area (Å²) in [6, 6.07) is 8.76. The van der Waals surface area contributed by atoms with Crippen LogP contribution >= 0.6 is 23.2 Å². The van der Waals surface area contributed by atoms with E-state index in [9.17, 15) is 9.18 Å². The topological polar surface area (TPSA) is 94.4 Å². The van der Waals surface area contributed by atoms with Crippen LogP contribution in [0.1, 0.15) is 10.4 Å². The van der Waals surface area contributed by atoms with Crippen LogP contribution in [0.15, 0.2) is 47.6 Å². The molecule has 0 saturated heterocycles. The van der Waals surface area contributed by atoms with Gasteiger partial charge < -0.3 is 11.5 Å². The number of carbonyl (C=O) groups excluding carboxylic acids is 1. The molecule has 0 aliphatic carbocycles. The van der Waals surface area contributed by atoms with E-state index in [1.807, 2.05) is 0 Å². The van der Waals surface area contributed by atoms with E-state index in [4.69, 9.17) is 34.7 Å². The quantitative estimate of drug-likeness (QED) is 0.525. The Balaban J connectivity index is 2.27. The van der Waals surface area contributed by atoms with E-state index in [0.29, 0.717) is 27.1 Å². The van der Waals surface area contributed by atoms with Crippen LogP contribution in [0.5, 0.6) is 0 Å². The summed E-state index contributed by atoms with van der Waals surface area (Å²) in [4.78, 5) is 19.9. The third-order valence-electron chi connectivity index (χ3n) is 3.50. The van der Waals surface area contributed by atoms with Crippen LogP contribution < -0.4 is 11.5 Å². The number of benzene rings is 2. The zero-order valence-electron chi connectivity index (χ0n) is 12.6. The maximum Gasteiger partial charge on any atom is 0.280 e. The summed E-state index contributed by atoms with van der Waals surface area (Å²) in [6.45, 7) is 0. The molecule has 25 heavy (non-hydrogen) atoms. The SMILES string of the molecule is NC(N)=NC(=O)c1ccc2c(Cl)cnc(-c3ccc(F)cc3Cl)c2c1. The summed E-state index contributed by atoms with van der Waals surface area (Å²) >= 11 is 12.3. The van der Waals surface area contributed by atoms with Gasteiger partial charge in [0.15, 0.2) is 5.96 Å². The molecule has 126 valence electrons. The first-order valence-electron chi connectivity index (χ1n) is 7.04. The monoisotopic (exact) mass is 376 g/mol. The number of nitrogens with two attached hydrogens (primary N) is 2. The lowest BCUT2D eigenvalue weighted by Gasteiger charge is -2.10. The fourth-order valence-electron chi connectivity index (χ4n) is 2.42. The number of fused-ring (bicyclic) bond motifs is 1. The van der Waals surface area contributed by atoms with Gasteiger partial charge in [0.1, 0.15) is 5.82 Å².